The average Bonchev–Trinajstić information content (AvgIpc) is 2.27. The predicted molar refractivity (Wildman–Crippen MR) is 60.2 cm³/mol. The molecule has 3 atom stereocenters. The molecule has 19 heavy (non-hydrogen) atoms. The third kappa shape index (κ3) is 7.02. The number of hydrogen-bond acceptors (Lipinski definition) is 9. The number of aliphatic hydroxyl groups is 3. The van der Waals surface area contributed by atoms with Crippen LogP contribution in [0.25, 0.3) is 0 Å². The van der Waals surface area contributed by atoms with Gasteiger partial charge in [0.05, 0.1) is 0 Å². The molecule has 0 aromatic rings. The lowest BCUT2D eigenvalue weighted by Crippen LogP contribution is -2.24. The quantitative estimate of drug-likeness (QED) is 0.526. The molecule has 0 saturated heterocycles. The Kier molecular flexibility index (Phi) is 7.47. The van der Waals surface area contributed by atoms with Gasteiger partial charge < -0.3 is 28.9 Å². The maximum absolute atomic E-state index is 11.1. The van der Waals surface area contributed by atoms with Crippen molar-refractivity contribution in [3.05, 3.63) is 0 Å². The van der Waals surface area contributed by atoms with Gasteiger partial charge in [-0.3, -0.25) is 0 Å². The van der Waals surface area contributed by atoms with Crippen molar-refractivity contribution in [1.29, 1.82) is 0 Å². The van der Waals surface area contributed by atoms with Gasteiger partial charge in [-0.15, -0.1) is 0 Å². The SMILES string of the molecule is CC(O)C(=O)OP(OC(=O)C(C)O)OC(=O)C(C)O. The van der Waals surface area contributed by atoms with Crippen LogP contribution >= 0.6 is 8.60 Å². The number of carbonyl (C=O) groups is 3. The van der Waals surface area contributed by atoms with E-state index in [1.807, 2.05) is 0 Å². The molecular weight excluding hydrogens is 283 g/mol. The van der Waals surface area contributed by atoms with Crippen LogP contribution in [0.3, 0.4) is 0 Å². The van der Waals surface area contributed by atoms with Crippen LogP contribution in [0.2, 0.25) is 0 Å². The van der Waals surface area contributed by atoms with Crippen LogP contribution in [0.5, 0.6) is 0 Å². The zero-order chi connectivity index (χ0) is 15.2. The van der Waals surface area contributed by atoms with E-state index in [0.29, 0.717) is 0 Å². The average molecular weight is 298 g/mol. The number of rotatable bonds is 6. The van der Waals surface area contributed by atoms with E-state index in [2.05, 4.69) is 13.6 Å². The Morgan fingerprint density at radius 3 is 1.11 bits per heavy atom. The first-order valence-corrected chi connectivity index (χ1v) is 6.24. The van der Waals surface area contributed by atoms with Crippen molar-refractivity contribution in [2.45, 2.75) is 39.1 Å². The van der Waals surface area contributed by atoms with Crippen LogP contribution in [-0.4, -0.2) is 51.5 Å². The summed E-state index contributed by atoms with van der Waals surface area (Å²) in [7, 11) is -2.80. The molecule has 0 aromatic heterocycles. The van der Waals surface area contributed by atoms with Gasteiger partial charge in [0.1, 0.15) is 18.3 Å². The highest BCUT2D eigenvalue weighted by atomic mass is 31.2. The zero-order valence-electron chi connectivity index (χ0n) is 10.5. The molecule has 10 heteroatoms. The Bertz CT molecular complexity index is 286. The van der Waals surface area contributed by atoms with E-state index in [1.54, 1.807) is 0 Å². The van der Waals surface area contributed by atoms with Crippen molar-refractivity contribution in [2.24, 2.45) is 0 Å². The Labute approximate surface area is 110 Å². The molecule has 0 aromatic carbocycles. The van der Waals surface area contributed by atoms with E-state index in [4.69, 9.17) is 15.3 Å². The van der Waals surface area contributed by atoms with E-state index in [1.165, 1.54) is 0 Å². The molecule has 0 heterocycles. The summed E-state index contributed by atoms with van der Waals surface area (Å²) in [5.41, 5.74) is 0. The fraction of sp³-hybridized carbons (Fsp3) is 0.667. The van der Waals surface area contributed by atoms with Crippen LogP contribution in [0.15, 0.2) is 0 Å². The summed E-state index contributed by atoms with van der Waals surface area (Å²) in [5, 5.41) is 26.7. The lowest BCUT2D eigenvalue weighted by molar-refractivity contribution is -0.151. The first-order valence-electron chi connectivity index (χ1n) is 5.15. The second-order valence-corrected chi connectivity index (χ2v) is 4.48. The van der Waals surface area contributed by atoms with Crippen LogP contribution < -0.4 is 0 Å². The highest BCUT2D eigenvalue weighted by Crippen LogP contribution is 2.41. The van der Waals surface area contributed by atoms with Crippen LogP contribution in [0.1, 0.15) is 20.8 Å². The summed E-state index contributed by atoms with van der Waals surface area (Å²) in [6, 6.07) is 0. The molecule has 3 N–H and O–H groups in total. The first-order chi connectivity index (χ1) is 8.65. The van der Waals surface area contributed by atoms with Crippen molar-refractivity contribution in [1.82, 2.24) is 0 Å². The smallest absolute Gasteiger partial charge is 0.382 e. The maximum atomic E-state index is 11.1. The van der Waals surface area contributed by atoms with Gasteiger partial charge in [-0.05, 0) is 20.8 Å². The van der Waals surface area contributed by atoms with Crippen molar-refractivity contribution in [3.63, 3.8) is 0 Å². The minimum Gasteiger partial charge on any atom is -0.382 e. The monoisotopic (exact) mass is 298 g/mol. The van der Waals surface area contributed by atoms with Gasteiger partial charge in [0.25, 0.3) is 0 Å². The van der Waals surface area contributed by atoms with Crippen molar-refractivity contribution >= 4 is 26.5 Å². The van der Waals surface area contributed by atoms with Crippen molar-refractivity contribution in [3.8, 4) is 0 Å². The van der Waals surface area contributed by atoms with Gasteiger partial charge in [-0.25, -0.2) is 14.4 Å². The number of carbonyl (C=O) groups excluding carboxylic acids is 3. The van der Waals surface area contributed by atoms with E-state index in [-0.39, 0.29) is 0 Å². The molecule has 0 fully saturated rings. The number of aliphatic hydroxyl groups excluding tert-OH is 3. The molecule has 0 amide bonds. The van der Waals surface area contributed by atoms with E-state index in [0.717, 1.165) is 20.8 Å². The molecule has 0 aliphatic heterocycles. The van der Waals surface area contributed by atoms with Gasteiger partial charge in [0.15, 0.2) is 0 Å². The van der Waals surface area contributed by atoms with Gasteiger partial charge in [-0.2, -0.15) is 0 Å². The minimum atomic E-state index is -2.80. The van der Waals surface area contributed by atoms with Gasteiger partial charge in [0.2, 0.25) is 0 Å². The van der Waals surface area contributed by atoms with Gasteiger partial charge in [0, 0.05) is 0 Å². The Morgan fingerprint density at radius 2 is 0.947 bits per heavy atom. The van der Waals surface area contributed by atoms with Gasteiger partial charge >= 0.3 is 26.5 Å². The predicted octanol–water partition coefficient (Wildman–Crippen LogP) is -1.01. The lowest BCUT2D eigenvalue weighted by Gasteiger charge is -2.16. The van der Waals surface area contributed by atoms with E-state index in [9.17, 15) is 14.4 Å². The summed E-state index contributed by atoms with van der Waals surface area (Å²) in [6.45, 7) is 3.26. The molecule has 9 nitrogen and oxygen atoms in total. The molecule has 0 spiro atoms. The summed E-state index contributed by atoms with van der Waals surface area (Å²) in [5.74, 6) is -3.58. The second-order valence-electron chi connectivity index (χ2n) is 3.48. The van der Waals surface area contributed by atoms with Crippen LogP contribution in [0, 0.1) is 0 Å². The summed E-state index contributed by atoms with van der Waals surface area (Å²) in [6.07, 6.45) is -4.58. The molecule has 0 rings (SSSR count). The van der Waals surface area contributed by atoms with E-state index < -0.39 is 44.8 Å². The zero-order valence-corrected chi connectivity index (χ0v) is 11.4. The molecule has 0 bridgehead atoms. The minimum absolute atomic E-state index is 1.09. The third-order valence-corrected chi connectivity index (χ3v) is 2.50. The Balaban J connectivity index is 4.68. The highest BCUT2D eigenvalue weighted by molar-refractivity contribution is 7.43. The molecule has 0 aliphatic carbocycles. The molecule has 3 unspecified atom stereocenters. The lowest BCUT2D eigenvalue weighted by atomic mass is 10.4. The Morgan fingerprint density at radius 1 is 0.737 bits per heavy atom. The summed E-state index contributed by atoms with van der Waals surface area (Å²) < 4.78 is 13.3. The van der Waals surface area contributed by atoms with Crippen molar-refractivity contribution in [2.75, 3.05) is 0 Å². The van der Waals surface area contributed by atoms with Crippen molar-refractivity contribution < 1.29 is 43.3 Å². The topological polar surface area (TPSA) is 140 Å². The fourth-order valence-electron chi connectivity index (χ4n) is 0.505. The molecule has 0 aliphatic rings. The van der Waals surface area contributed by atoms with Crippen LogP contribution in [-0.2, 0) is 28.0 Å². The maximum Gasteiger partial charge on any atom is 0.537 e. The van der Waals surface area contributed by atoms with Gasteiger partial charge in [-0.1, -0.05) is 0 Å². The fourth-order valence-corrected chi connectivity index (χ4v) is 1.52. The van der Waals surface area contributed by atoms with E-state index >= 15 is 0 Å². The largest absolute Gasteiger partial charge is 0.537 e. The summed E-state index contributed by atoms with van der Waals surface area (Å²) >= 11 is 0. The molecule has 110 valence electrons. The molecule has 0 saturated carbocycles. The standard InChI is InChI=1S/C9H15O9P/c1-4(10)7(13)16-19(17-8(14)5(2)11)18-9(15)6(3)12/h4-6,10-12H,1-3H3. The second kappa shape index (κ2) is 8.00. The first kappa shape index (κ1) is 17.7. The third-order valence-electron chi connectivity index (χ3n) is 1.52. The van der Waals surface area contributed by atoms with Crippen LogP contribution in [0.4, 0.5) is 0 Å². The molecule has 0 radical (unpaired) electrons. The number of hydrogen-bond donors (Lipinski definition) is 3. The highest BCUT2D eigenvalue weighted by Gasteiger charge is 2.31. The Hall–Kier alpha value is -1.28. The normalized spacial score (nSPS) is 16.7. The summed E-state index contributed by atoms with van der Waals surface area (Å²) in [4.78, 5) is 33.3. The molecular formula is C9H15O9P.